The maximum atomic E-state index is 12.5. The van der Waals surface area contributed by atoms with Gasteiger partial charge < -0.3 is 19.5 Å². The normalized spacial score (nSPS) is 12.8. The lowest BCUT2D eigenvalue weighted by atomic mass is 10.1. The van der Waals surface area contributed by atoms with Gasteiger partial charge in [0.1, 0.15) is 5.75 Å². The van der Waals surface area contributed by atoms with E-state index in [9.17, 15) is 4.79 Å². The molecule has 2 aromatic carbocycles. The number of benzene rings is 2. The van der Waals surface area contributed by atoms with Crippen molar-refractivity contribution in [1.29, 1.82) is 0 Å². The van der Waals surface area contributed by atoms with Crippen LogP contribution in [0, 0.1) is 6.92 Å². The van der Waals surface area contributed by atoms with Crippen LogP contribution >= 0.6 is 0 Å². The highest BCUT2D eigenvalue weighted by Gasteiger charge is 2.19. The van der Waals surface area contributed by atoms with E-state index in [-0.39, 0.29) is 11.9 Å². The molecule has 0 bridgehead atoms. The molecule has 5 heteroatoms. The minimum Gasteiger partial charge on any atom is -0.490 e. The molecule has 0 aliphatic rings. The molecule has 27 heavy (non-hydrogen) atoms. The number of ether oxygens (including phenoxy) is 3. The molecule has 2 atom stereocenters. The number of hydrogen-bond donors (Lipinski definition) is 1. The van der Waals surface area contributed by atoms with E-state index in [1.807, 2.05) is 70.2 Å². The molecular weight excluding hydrogens is 342 g/mol. The molecule has 0 aliphatic carbocycles. The first-order valence-corrected chi connectivity index (χ1v) is 9.37. The first-order valence-electron chi connectivity index (χ1n) is 9.37. The lowest BCUT2D eigenvalue weighted by Gasteiger charge is -2.20. The van der Waals surface area contributed by atoms with Gasteiger partial charge in [0.05, 0.1) is 19.3 Å². The molecule has 146 valence electrons. The molecule has 2 rings (SSSR count). The van der Waals surface area contributed by atoms with Crippen molar-refractivity contribution in [3.63, 3.8) is 0 Å². The summed E-state index contributed by atoms with van der Waals surface area (Å²) in [5.41, 5.74) is 2.03. The van der Waals surface area contributed by atoms with Crippen molar-refractivity contribution in [1.82, 2.24) is 5.32 Å². The molecule has 0 fully saturated rings. The third kappa shape index (κ3) is 5.91. The van der Waals surface area contributed by atoms with Crippen LogP contribution in [-0.4, -0.2) is 25.2 Å². The Morgan fingerprint density at radius 3 is 2.37 bits per heavy atom. The minimum atomic E-state index is -0.594. The van der Waals surface area contributed by atoms with Crippen LogP contribution in [0.3, 0.4) is 0 Å². The number of hydrogen-bond acceptors (Lipinski definition) is 4. The standard InChI is InChI=1S/C22H29NO4/c1-6-25-20-12-11-18(14-21(20)26-7-2)16(4)23-22(24)17(5)27-19-10-8-9-15(3)13-19/h8-14,16-17H,6-7H2,1-5H3,(H,23,24). The van der Waals surface area contributed by atoms with E-state index in [1.165, 1.54) is 0 Å². The Kier molecular flexibility index (Phi) is 7.53. The van der Waals surface area contributed by atoms with Gasteiger partial charge in [-0.1, -0.05) is 18.2 Å². The van der Waals surface area contributed by atoms with Crippen molar-refractivity contribution in [2.24, 2.45) is 0 Å². The van der Waals surface area contributed by atoms with E-state index >= 15 is 0 Å². The van der Waals surface area contributed by atoms with Crippen molar-refractivity contribution < 1.29 is 19.0 Å². The van der Waals surface area contributed by atoms with Gasteiger partial charge in [-0.05, 0) is 70.0 Å². The predicted molar refractivity (Wildman–Crippen MR) is 107 cm³/mol. The Balaban J connectivity index is 2.03. The third-order valence-corrected chi connectivity index (χ3v) is 4.10. The van der Waals surface area contributed by atoms with Crippen molar-refractivity contribution >= 4 is 5.91 Å². The molecule has 1 N–H and O–H groups in total. The van der Waals surface area contributed by atoms with Crippen molar-refractivity contribution in [3.05, 3.63) is 53.6 Å². The SMILES string of the molecule is CCOc1ccc(C(C)NC(=O)C(C)Oc2cccc(C)c2)cc1OCC. The number of rotatable bonds is 9. The first kappa shape index (κ1) is 20.6. The zero-order valence-electron chi connectivity index (χ0n) is 16.7. The van der Waals surface area contributed by atoms with Gasteiger partial charge in [-0.25, -0.2) is 0 Å². The monoisotopic (exact) mass is 371 g/mol. The molecule has 0 saturated carbocycles. The Morgan fingerprint density at radius 1 is 1.00 bits per heavy atom. The summed E-state index contributed by atoms with van der Waals surface area (Å²) in [7, 11) is 0. The topological polar surface area (TPSA) is 56.8 Å². The largest absolute Gasteiger partial charge is 0.490 e. The van der Waals surface area contributed by atoms with Crippen LogP contribution in [-0.2, 0) is 4.79 Å². The van der Waals surface area contributed by atoms with Gasteiger partial charge in [-0.3, -0.25) is 4.79 Å². The Bertz CT molecular complexity index is 760. The van der Waals surface area contributed by atoms with E-state index in [0.29, 0.717) is 30.5 Å². The highest BCUT2D eigenvalue weighted by Crippen LogP contribution is 2.30. The highest BCUT2D eigenvalue weighted by atomic mass is 16.5. The van der Waals surface area contributed by atoms with E-state index in [2.05, 4.69) is 5.32 Å². The number of amides is 1. The summed E-state index contributed by atoms with van der Waals surface area (Å²) >= 11 is 0. The van der Waals surface area contributed by atoms with E-state index in [1.54, 1.807) is 6.92 Å². The summed E-state index contributed by atoms with van der Waals surface area (Å²) in [4.78, 5) is 12.5. The van der Waals surface area contributed by atoms with Gasteiger partial charge in [0, 0.05) is 0 Å². The number of carbonyl (C=O) groups is 1. The predicted octanol–water partition coefficient (Wildman–Crippen LogP) is 4.44. The molecule has 0 spiro atoms. The van der Waals surface area contributed by atoms with Crippen LogP contribution in [0.5, 0.6) is 17.2 Å². The van der Waals surface area contributed by atoms with Gasteiger partial charge >= 0.3 is 0 Å². The highest BCUT2D eigenvalue weighted by molar-refractivity contribution is 5.81. The fourth-order valence-corrected chi connectivity index (χ4v) is 2.70. The van der Waals surface area contributed by atoms with Gasteiger partial charge in [0.15, 0.2) is 17.6 Å². The smallest absolute Gasteiger partial charge is 0.261 e. The molecule has 2 aromatic rings. The van der Waals surface area contributed by atoms with Crippen LogP contribution in [0.1, 0.15) is 44.9 Å². The van der Waals surface area contributed by atoms with Crippen LogP contribution in [0.15, 0.2) is 42.5 Å². The Labute approximate surface area is 161 Å². The zero-order chi connectivity index (χ0) is 19.8. The van der Waals surface area contributed by atoms with Gasteiger partial charge in [-0.2, -0.15) is 0 Å². The molecule has 0 saturated heterocycles. The summed E-state index contributed by atoms with van der Waals surface area (Å²) in [6.45, 7) is 10.6. The summed E-state index contributed by atoms with van der Waals surface area (Å²) < 4.78 is 17.0. The summed E-state index contributed by atoms with van der Waals surface area (Å²) in [5.74, 6) is 1.90. The minimum absolute atomic E-state index is 0.171. The van der Waals surface area contributed by atoms with Crippen LogP contribution in [0.2, 0.25) is 0 Å². The van der Waals surface area contributed by atoms with Gasteiger partial charge in [0.2, 0.25) is 0 Å². The van der Waals surface area contributed by atoms with E-state index < -0.39 is 6.10 Å². The molecule has 2 unspecified atom stereocenters. The van der Waals surface area contributed by atoms with Gasteiger partial charge in [-0.15, -0.1) is 0 Å². The Hall–Kier alpha value is -2.69. The Morgan fingerprint density at radius 2 is 1.70 bits per heavy atom. The molecular formula is C22H29NO4. The molecule has 5 nitrogen and oxygen atoms in total. The second kappa shape index (κ2) is 9.86. The van der Waals surface area contributed by atoms with Crippen molar-refractivity contribution in [3.8, 4) is 17.2 Å². The third-order valence-electron chi connectivity index (χ3n) is 4.10. The maximum absolute atomic E-state index is 12.5. The van der Waals surface area contributed by atoms with Gasteiger partial charge in [0.25, 0.3) is 5.91 Å². The average Bonchev–Trinajstić information content (AvgIpc) is 2.63. The molecule has 0 radical (unpaired) electrons. The summed E-state index contributed by atoms with van der Waals surface area (Å²) in [5, 5.41) is 2.99. The zero-order valence-corrected chi connectivity index (χ0v) is 16.7. The van der Waals surface area contributed by atoms with Crippen molar-refractivity contribution in [2.75, 3.05) is 13.2 Å². The second-order valence-electron chi connectivity index (χ2n) is 6.38. The molecule has 0 aliphatic heterocycles. The lowest BCUT2D eigenvalue weighted by molar-refractivity contribution is -0.127. The molecule has 1 amide bonds. The molecule has 0 aromatic heterocycles. The quantitative estimate of drug-likeness (QED) is 0.708. The van der Waals surface area contributed by atoms with E-state index in [0.717, 1.165) is 11.1 Å². The number of carbonyl (C=O) groups excluding carboxylic acids is 1. The van der Waals surface area contributed by atoms with Crippen LogP contribution in [0.25, 0.3) is 0 Å². The van der Waals surface area contributed by atoms with Crippen LogP contribution < -0.4 is 19.5 Å². The summed E-state index contributed by atoms with van der Waals surface area (Å²) in [6.07, 6.45) is -0.594. The number of aryl methyl sites for hydroxylation is 1. The first-order chi connectivity index (χ1) is 12.9. The fourth-order valence-electron chi connectivity index (χ4n) is 2.70. The van der Waals surface area contributed by atoms with E-state index in [4.69, 9.17) is 14.2 Å². The fraction of sp³-hybridized carbons (Fsp3) is 0.409. The maximum Gasteiger partial charge on any atom is 0.261 e. The average molecular weight is 371 g/mol. The second-order valence-corrected chi connectivity index (χ2v) is 6.38. The van der Waals surface area contributed by atoms with Crippen molar-refractivity contribution in [2.45, 2.75) is 46.8 Å². The van der Waals surface area contributed by atoms with Crippen LogP contribution in [0.4, 0.5) is 0 Å². The molecule has 0 heterocycles. The lowest BCUT2D eigenvalue weighted by Crippen LogP contribution is -2.37. The summed E-state index contributed by atoms with van der Waals surface area (Å²) in [6, 6.07) is 13.2. The number of nitrogens with one attached hydrogen (secondary N) is 1.